The Morgan fingerprint density at radius 3 is 2.12 bits per heavy atom. The summed E-state index contributed by atoms with van der Waals surface area (Å²) in [6.45, 7) is 8.29. The van der Waals surface area contributed by atoms with E-state index in [2.05, 4.69) is 30.4 Å². The van der Waals surface area contributed by atoms with Crippen LogP contribution in [0.4, 0.5) is 11.4 Å². The van der Waals surface area contributed by atoms with Gasteiger partial charge in [0.25, 0.3) is 10.0 Å². The fourth-order valence-electron chi connectivity index (χ4n) is 3.31. The highest BCUT2D eigenvalue weighted by molar-refractivity contribution is 7.92. The summed E-state index contributed by atoms with van der Waals surface area (Å²) in [6, 6.07) is 14.8. The summed E-state index contributed by atoms with van der Waals surface area (Å²) >= 11 is 0. The molecule has 0 saturated carbocycles. The van der Waals surface area contributed by atoms with Gasteiger partial charge < -0.3 is 4.90 Å². The molecule has 5 heteroatoms. The molecule has 0 radical (unpaired) electrons. The molecule has 2 aromatic carbocycles. The number of nitrogens with one attached hydrogen (secondary N) is 1. The summed E-state index contributed by atoms with van der Waals surface area (Å²) in [7, 11) is -3.61. The lowest BCUT2D eigenvalue weighted by Crippen LogP contribution is -2.30. The molecule has 0 unspecified atom stereocenters. The van der Waals surface area contributed by atoms with Crippen LogP contribution >= 0.6 is 0 Å². The lowest BCUT2D eigenvalue weighted by molar-refractivity contribution is 0.578. The maximum Gasteiger partial charge on any atom is 0.261 e. The zero-order chi connectivity index (χ0) is 18.8. The van der Waals surface area contributed by atoms with E-state index in [1.807, 2.05) is 36.4 Å². The standard InChI is InChI=1S/C21H28N2O2S/c1-21(2,3)17-11-13-18(14-12-17)26(24,25)22-19-9-5-6-10-20(19)23-15-7-4-8-16-23/h5-6,9-14,22H,4,7-8,15-16H2,1-3H3. The topological polar surface area (TPSA) is 49.4 Å². The van der Waals surface area contributed by atoms with Crippen LogP contribution < -0.4 is 9.62 Å². The van der Waals surface area contributed by atoms with Crippen LogP contribution in [0.1, 0.15) is 45.6 Å². The van der Waals surface area contributed by atoms with E-state index in [1.54, 1.807) is 12.1 Å². The summed E-state index contributed by atoms with van der Waals surface area (Å²) in [6.07, 6.45) is 3.54. The van der Waals surface area contributed by atoms with Gasteiger partial charge in [0.05, 0.1) is 16.3 Å². The molecule has 140 valence electrons. The normalized spacial score (nSPS) is 15.7. The van der Waals surface area contributed by atoms with E-state index in [1.165, 1.54) is 6.42 Å². The summed E-state index contributed by atoms with van der Waals surface area (Å²) in [5, 5.41) is 0. The van der Waals surface area contributed by atoms with Crippen molar-refractivity contribution in [2.24, 2.45) is 0 Å². The first-order valence-electron chi connectivity index (χ1n) is 9.25. The fourth-order valence-corrected chi connectivity index (χ4v) is 4.38. The third-order valence-corrected chi connectivity index (χ3v) is 6.26. The Kier molecular flexibility index (Phi) is 5.28. The van der Waals surface area contributed by atoms with Gasteiger partial charge >= 0.3 is 0 Å². The van der Waals surface area contributed by atoms with Crippen LogP contribution in [0.2, 0.25) is 0 Å². The minimum Gasteiger partial charge on any atom is -0.370 e. The van der Waals surface area contributed by atoms with E-state index in [0.29, 0.717) is 10.6 Å². The highest BCUT2D eigenvalue weighted by Crippen LogP contribution is 2.30. The molecule has 2 aromatic rings. The molecule has 1 saturated heterocycles. The molecule has 1 fully saturated rings. The Morgan fingerprint density at radius 1 is 0.885 bits per heavy atom. The molecule has 26 heavy (non-hydrogen) atoms. The van der Waals surface area contributed by atoms with Crippen LogP contribution in [0.15, 0.2) is 53.4 Å². The van der Waals surface area contributed by atoms with Crippen molar-refractivity contribution in [2.75, 3.05) is 22.7 Å². The average molecular weight is 373 g/mol. The molecule has 1 aliphatic rings. The number of rotatable bonds is 4. The Balaban J connectivity index is 1.86. The molecule has 1 heterocycles. The molecule has 1 aliphatic heterocycles. The van der Waals surface area contributed by atoms with Crippen LogP contribution in [-0.2, 0) is 15.4 Å². The average Bonchev–Trinajstić information content (AvgIpc) is 2.62. The van der Waals surface area contributed by atoms with E-state index in [9.17, 15) is 8.42 Å². The molecule has 0 amide bonds. The lowest BCUT2D eigenvalue weighted by Gasteiger charge is -2.30. The molecule has 0 aromatic heterocycles. The maximum absolute atomic E-state index is 12.9. The number of hydrogen-bond donors (Lipinski definition) is 1. The predicted molar refractivity (Wildman–Crippen MR) is 108 cm³/mol. The van der Waals surface area contributed by atoms with Crippen LogP contribution in [0, 0.1) is 0 Å². The molecule has 4 nitrogen and oxygen atoms in total. The predicted octanol–water partition coefficient (Wildman–Crippen LogP) is 4.78. The van der Waals surface area contributed by atoms with E-state index in [0.717, 1.165) is 37.2 Å². The molecule has 0 spiro atoms. The third-order valence-electron chi connectivity index (χ3n) is 4.88. The second-order valence-electron chi connectivity index (χ2n) is 7.94. The number of nitrogens with zero attached hydrogens (tertiary/aromatic N) is 1. The zero-order valence-electron chi connectivity index (χ0n) is 15.8. The fraction of sp³-hybridized carbons (Fsp3) is 0.429. The van der Waals surface area contributed by atoms with Crippen LogP contribution in [0.3, 0.4) is 0 Å². The quantitative estimate of drug-likeness (QED) is 0.840. The third kappa shape index (κ3) is 4.21. The number of anilines is 2. The molecule has 0 aliphatic carbocycles. The smallest absolute Gasteiger partial charge is 0.261 e. The van der Waals surface area contributed by atoms with Crippen molar-refractivity contribution in [3.8, 4) is 0 Å². The Bertz CT molecular complexity index is 846. The van der Waals surface area contributed by atoms with Crippen molar-refractivity contribution >= 4 is 21.4 Å². The largest absolute Gasteiger partial charge is 0.370 e. The van der Waals surface area contributed by atoms with Gasteiger partial charge in [-0.25, -0.2) is 8.42 Å². The van der Waals surface area contributed by atoms with Gasteiger partial charge in [-0.05, 0) is 54.5 Å². The van der Waals surface area contributed by atoms with E-state index < -0.39 is 10.0 Å². The van der Waals surface area contributed by atoms with Crippen molar-refractivity contribution in [3.05, 3.63) is 54.1 Å². The van der Waals surface area contributed by atoms with Gasteiger partial charge in [-0.3, -0.25) is 4.72 Å². The van der Waals surface area contributed by atoms with Crippen molar-refractivity contribution < 1.29 is 8.42 Å². The lowest BCUT2D eigenvalue weighted by atomic mass is 9.87. The number of piperidine rings is 1. The van der Waals surface area contributed by atoms with Gasteiger partial charge in [0.2, 0.25) is 0 Å². The minimum absolute atomic E-state index is 0.00339. The zero-order valence-corrected chi connectivity index (χ0v) is 16.6. The van der Waals surface area contributed by atoms with Gasteiger partial charge in [0, 0.05) is 13.1 Å². The van der Waals surface area contributed by atoms with Crippen molar-refractivity contribution in [1.82, 2.24) is 0 Å². The van der Waals surface area contributed by atoms with E-state index >= 15 is 0 Å². The highest BCUT2D eigenvalue weighted by atomic mass is 32.2. The first-order chi connectivity index (χ1) is 12.3. The number of sulfonamides is 1. The first-order valence-corrected chi connectivity index (χ1v) is 10.7. The van der Waals surface area contributed by atoms with Crippen LogP contribution in [0.5, 0.6) is 0 Å². The first kappa shape index (κ1) is 18.8. The van der Waals surface area contributed by atoms with Gasteiger partial charge in [-0.1, -0.05) is 45.0 Å². The monoisotopic (exact) mass is 372 g/mol. The molecule has 0 bridgehead atoms. The Hall–Kier alpha value is -2.01. The summed E-state index contributed by atoms with van der Waals surface area (Å²) in [5.41, 5.74) is 2.72. The molecular formula is C21H28N2O2S. The highest BCUT2D eigenvalue weighted by Gasteiger charge is 2.20. The van der Waals surface area contributed by atoms with Gasteiger partial charge in [0.15, 0.2) is 0 Å². The molecule has 1 N–H and O–H groups in total. The van der Waals surface area contributed by atoms with Crippen molar-refractivity contribution in [2.45, 2.75) is 50.3 Å². The van der Waals surface area contributed by atoms with Gasteiger partial charge in [-0.2, -0.15) is 0 Å². The second-order valence-corrected chi connectivity index (χ2v) is 9.63. The number of para-hydroxylation sites is 2. The summed E-state index contributed by atoms with van der Waals surface area (Å²) < 4.78 is 28.5. The van der Waals surface area contributed by atoms with Crippen molar-refractivity contribution in [3.63, 3.8) is 0 Å². The molecular weight excluding hydrogens is 344 g/mol. The Morgan fingerprint density at radius 2 is 1.50 bits per heavy atom. The second kappa shape index (κ2) is 7.31. The van der Waals surface area contributed by atoms with Crippen LogP contribution in [-0.4, -0.2) is 21.5 Å². The Labute approximate surface area is 157 Å². The molecule has 3 rings (SSSR count). The van der Waals surface area contributed by atoms with E-state index in [4.69, 9.17) is 0 Å². The van der Waals surface area contributed by atoms with Gasteiger partial charge in [0.1, 0.15) is 0 Å². The minimum atomic E-state index is -3.61. The van der Waals surface area contributed by atoms with Crippen molar-refractivity contribution in [1.29, 1.82) is 0 Å². The number of benzene rings is 2. The number of hydrogen-bond acceptors (Lipinski definition) is 3. The maximum atomic E-state index is 12.9. The molecule has 0 atom stereocenters. The van der Waals surface area contributed by atoms with Crippen LogP contribution in [0.25, 0.3) is 0 Å². The summed E-state index contributed by atoms with van der Waals surface area (Å²) in [4.78, 5) is 2.56. The van der Waals surface area contributed by atoms with E-state index in [-0.39, 0.29) is 5.41 Å². The SMILES string of the molecule is CC(C)(C)c1ccc(S(=O)(=O)Nc2ccccc2N2CCCCC2)cc1. The van der Waals surface area contributed by atoms with Gasteiger partial charge in [-0.15, -0.1) is 0 Å². The summed E-state index contributed by atoms with van der Waals surface area (Å²) in [5.74, 6) is 0.